The molecule has 1 rings (SSSR count). The first-order valence-electron chi connectivity index (χ1n) is 4.78. The van der Waals surface area contributed by atoms with Crippen LogP contribution >= 0.6 is 11.6 Å². The van der Waals surface area contributed by atoms with E-state index in [1.165, 1.54) is 5.56 Å². The van der Waals surface area contributed by atoms with E-state index in [4.69, 9.17) is 17.3 Å². The molecule has 78 valence electrons. The maximum atomic E-state index is 5.83. The van der Waals surface area contributed by atoms with Crippen molar-refractivity contribution in [2.75, 3.05) is 26.4 Å². The molecule has 0 spiro atoms. The number of nitrogens with two attached hydrogens (primary N) is 1. The first-order chi connectivity index (χ1) is 6.59. The van der Waals surface area contributed by atoms with Gasteiger partial charge in [-0.2, -0.15) is 0 Å². The third-order valence-corrected chi connectivity index (χ3v) is 2.48. The Kier molecular flexibility index (Phi) is 4.23. The minimum atomic E-state index is 0.640. The molecule has 3 heteroatoms. The van der Waals surface area contributed by atoms with Crippen LogP contribution in [0.15, 0.2) is 18.2 Å². The number of hydrogen-bond donors (Lipinski definition) is 1. The van der Waals surface area contributed by atoms with E-state index >= 15 is 0 Å². The minimum Gasteiger partial charge on any atom is -0.398 e. The highest BCUT2D eigenvalue weighted by atomic mass is 35.5. The lowest BCUT2D eigenvalue weighted by Crippen LogP contribution is -2.13. The third-order valence-electron chi connectivity index (χ3n) is 2.13. The van der Waals surface area contributed by atoms with Gasteiger partial charge in [0.2, 0.25) is 0 Å². The molecule has 2 nitrogen and oxygen atoms in total. The largest absolute Gasteiger partial charge is 0.398 e. The Bertz CT molecular complexity index is 297. The number of nitrogen functional groups attached to an aromatic ring is 1. The van der Waals surface area contributed by atoms with Crippen LogP contribution in [0.2, 0.25) is 5.02 Å². The molecule has 0 radical (unpaired) electrons. The van der Waals surface area contributed by atoms with Gasteiger partial charge in [-0.1, -0.05) is 17.7 Å². The van der Waals surface area contributed by atoms with Crippen LogP contribution in [0.25, 0.3) is 0 Å². The van der Waals surface area contributed by atoms with Gasteiger partial charge >= 0.3 is 0 Å². The summed E-state index contributed by atoms with van der Waals surface area (Å²) in [5, 5.41) is 0.640. The zero-order valence-electron chi connectivity index (χ0n) is 8.76. The molecule has 0 aliphatic rings. The predicted molar refractivity (Wildman–Crippen MR) is 62.7 cm³/mol. The van der Waals surface area contributed by atoms with Gasteiger partial charge in [-0.05, 0) is 51.2 Å². The summed E-state index contributed by atoms with van der Waals surface area (Å²) in [6.45, 7) is 1.10. The second-order valence-corrected chi connectivity index (χ2v) is 4.17. The predicted octanol–water partition coefficient (Wildman–Crippen LogP) is 2.42. The summed E-state index contributed by atoms with van der Waals surface area (Å²) in [6.07, 6.45) is 2.20. The molecule has 0 atom stereocenters. The summed E-state index contributed by atoms with van der Waals surface area (Å²) in [5.74, 6) is 0. The number of halogens is 1. The van der Waals surface area contributed by atoms with Crippen molar-refractivity contribution in [1.29, 1.82) is 0 Å². The third kappa shape index (κ3) is 3.56. The van der Waals surface area contributed by atoms with Gasteiger partial charge in [-0.25, -0.2) is 0 Å². The molecule has 0 bridgehead atoms. The molecule has 0 aliphatic carbocycles. The van der Waals surface area contributed by atoms with Crippen LogP contribution in [0, 0.1) is 0 Å². The number of benzene rings is 1. The quantitative estimate of drug-likeness (QED) is 0.777. The first-order valence-corrected chi connectivity index (χ1v) is 5.16. The van der Waals surface area contributed by atoms with Gasteiger partial charge in [-0.15, -0.1) is 0 Å². The average molecular weight is 213 g/mol. The molecule has 0 fully saturated rings. The van der Waals surface area contributed by atoms with E-state index in [1.54, 1.807) is 0 Å². The van der Waals surface area contributed by atoms with Gasteiger partial charge in [0.25, 0.3) is 0 Å². The normalized spacial score (nSPS) is 10.9. The lowest BCUT2D eigenvalue weighted by molar-refractivity contribution is 0.400. The number of rotatable bonds is 4. The van der Waals surface area contributed by atoms with Gasteiger partial charge in [0.15, 0.2) is 0 Å². The molecule has 0 unspecified atom stereocenters. The van der Waals surface area contributed by atoms with E-state index in [9.17, 15) is 0 Å². The summed E-state index contributed by atoms with van der Waals surface area (Å²) in [5.41, 5.74) is 7.64. The fraction of sp³-hybridized carbons (Fsp3) is 0.455. The van der Waals surface area contributed by atoms with E-state index in [-0.39, 0.29) is 0 Å². The van der Waals surface area contributed by atoms with Crippen LogP contribution in [0.5, 0.6) is 0 Å². The summed E-state index contributed by atoms with van der Waals surface area (Å²) < 4.78 is 0. The molecule has 0 aromatic heterocycles. The summed E-state index contributed by atoms with van der Waals surface area (Å²) in [7, 11) is 4.16. The van der Waals surface area contributed by atoms with Crippen molar-refractivity contribution in [3.63, 3.8) is 0 Å². The molecule has 0 heterocycles. The van der Waals surface area contributed by atoms with Crippen LogP contribution in [0.1, 0.15) is 12.0 Å². The molecule has 1 aromatic carbocycles. The van der Waals surface area contributed by atoms with Crippen LogP contribution in [-0.4, -0.2) is 25.5 Å². The van der Waals surface area contributed by atoms with Crippen molar-refractivity contribution in [3.8, 4) is 0 Å². The molecular weight excluding hydrogens is 196 g/mol. The van der Waals surface area contributed by atoms with Crippen molar-refractivity contribution in [2.45, 2.75) is 12.8 Å². The summed E-state index contributed by atoms with van der Waals surface area (Å²) in [6, 6.07) is 5.86. The number of hydrogen-bond acceptors (Lipinski definition) is 2. The van der Waals surface area contributed by atoms with Crippen molar-refractivity contribution in [1.82, 2.24) is 4.90 Å². The van der Waals surface area contributed by atoms with Crippen molar-refractivity contribution in [3.05, 3.63) is 28.8 Å². The van der Waals surface area contributed by atoms with E-state index in [0.717, 1.165) is 19.4 Å². The highest BCUT2D eigenvalue weighted by molar-refractivity contribution is 6.33. The standard InChI is InChI=1S/C11H17ClN2/c1-14(2)7-3-4-9-5-6-10(12)11(13)8-9/h5-6,8H,3-4,7,13H2,1-2H3. The molecule has 1 aromatic rings. The Morgan fingerprint density at radius 3 is 2.64 bits per heavy atom. The Balaban J connectivity index is 2.47. The van der Waals surface area contributed by atoms with E-state index in [0.29, 0.717) is 10.7 Å². The minimum absolute atomic E-state index is 0.640. The Labute approximate surface area is 90.7 Å². The smallest absolute Gasteiger partial charge is 0.0635 e. The highest BCUT2D eigenvalue weighted by Crippen LogP contribution is 2.20. The van der Waals surface area contributed by atoms with Crippen LogP contribution in [-0.2, 0) is 6.42 Å². The molecule has 0 aliphatic heterocycles. The summed E-state index contributed by atoms with van der Waals surface area (Å²) in [4.78, 5) is 2.18. The SMILES string of the molecule is CN(C)CCCc1ccc(Cl)c(N)c1. The molecule has 14 heavy (non-hydrogen) atoms. The second-order valence-electron chi connectivity index (χ2n) is 3.76. The van der Waals surface area contributed by atoms with E-state index < -0.39 is 0 Å². The van der Waals surface area contributed by atoms with Crippen molar-refractivity contribution >= 4 is 17.3 Å². The second kappa shape index (κ2) is 5.23. The zero-order chi connectivity index (χ0) is 10.6. The van der Waals surface area contributed by atoms with Gasteiger partial charge in [0, 0.05) is 0 Å². The first kappa shape index (κ1) is 11.3. The van der Waals surface area contributed by atoms with Crippen LogP contribution < -0.4 is 5.73 Å². The maximum Gasteiger partial charge on any atom is 0.0635 e. The van der Waals surface area contributed by atoms with Crippen molar-refractivity contribution < 1.29 is 0 Å². The van der Waals surface area contributed by atoms with Gasteiger partial charge < -0.3 is 10.6 Å². The monoisotopic (exact) mass is 212 g/mol. The fourth-order valence-corrected chi connectivity index (χ4v) is 1.47. The van der Waals surface area contributed by atoms with Crippen LogP contribution in [0.4, 0.5) is 5.69 Å². The maximum absolute atomic E-state index is 5.83. The Morgan fingerprint density at radius 2 is 2.07 bits per heavy atom. The fourth-order valence-electron chi connectivity index (χ4n) is 1.35. The lowest BCUT2D eigenvalue weighted by atomic mass is 10.1. The van der Waals surface area contributed by atoms with Gasteiger partial charge in [-0.3, -0.25) is 0 Å². The number of aryl methyl sites for hydroxylation is 1. The van der Waals surface area contributed by atoms with Gasteiger partial charge in [0.05, 0.1) is 10.7 Å². The summed E-state index contributed by atoms with van der Waals surface area (Å²) >= 11 is 5.83. The number of nitrogens with zero attached hydrogens (tertiary/aromatic N) is 1. The molecular formula is C11H17ClN2. The lowest BCUT2D eigenvalue weighted by Gasteiger charge is -2.09. The molecule has 2 N–H and O–H groups in total. The molecule has 0 amide bonds. The topological polar surface area (TPSA) is 29.3 Å². The zero-order valence-corrected chi connectivity index (χ0v) is 9.51. The van der Waals surface area contributed by atoms with Gasteiger partial charge in [0.1, 0.15) is 0 Å². The van der Waals surface area contributed by atoms with Crippen molar-refractivity contribution in [2.24, 2.45) is 0 Å². The van der Waals surface area contributed by atoms with E-state index in [1.807, 2.05) is 18.2 Å². The Hall–Kier alpha value is -0.730. The Morgan fingerprint density at radius 1 is 1.36 bits per heavy atom. The van der Waals surface area contributed by atoms with E-state index in [2.05, 4.69) is 19.0 Å². The molecule has 0 saturated heterocycles. The molecule has 0 saturated carbocycles. The average Bonchev–Trinajstić information content (AvgIpc) is 2.10. The number of anilines is 1. The highest BCUT2D eigenvalue weighted by Gasteiger charge is 1.98. The van der Waals surface area contributed by atoms with Crippen LogP contribution in [0.3, 0.4) is 0 Å².